The predicted octanol–water partition coefficient (Wildman–Crippen LogP) is 2.17. The second kappa shape index (κ2) is 6.15. The summed E-state index contributed by atoms with van der Waals surface area (Å²) in [5, 5.41) is 12.6. The van der Waals surface area contributed by atoms with Crippen LogP contribution in [0.4, 0.5) is 0 Å². The quantitative estimate of drug-likeness (QED) is 0.888. The van der Waals surface area contributed by atoms with Crippen molar-refractivity contribution < 1.29 is 13.5 Å². The van der Waals surface area contributed by atoms with Crippen LogP contribution in [0.15, 0.2) is 33.2 Å². The smallest absolute Gasteiger partial charge is 0.252 e. The van der Waals surface area contributed by atoms with E-state index >= 15 is 0 Å². The minimum atomic E-state index is -3.44. The van der Waals surface area contributed by atoms with Gasteiger partial charge in [-0.3, -0.25) is 0 Å². The summed E-state index contributed by atoms with van der Waals surface area (Å²) in [6.45, 7) is 0.320. The first-order chi connectivity index (χ1) is 9.04. The summed E-state index contributed by atoms with van der Waals surface area (Å²) in [6, 6.07) is 5.49. The minimum absolute atomic E-state index is 0.134. The zero-order valence-corrected chi connectivity index (χ0v) is 12.9. The number of hydrogen-bond acceptors (Lipinski definition) is 5. The van der Waals surface area contributed by atoms with Gasteiger partial charge < -0.3 is 5.11 Å². The number of sulfonamides is 1. The molecule has 0 aliphatic rings. The number of likely N-dealkylation sites (N-methyl/N-ethyl adjacent to an activating group) is 1. The molecule has 7 heteroatoms. The van der Waals surface area contributed by atoms with Gasteiger partial charge in [-0.1, -0.05) is 6.07 Å². The molecule has 0 atom stereocenters. The summed E-state index contributed by atoms with van der Waals surface area (Å²) in [5.74, 6) is 0. The van der Waals surface area contributed by atoms with Crippen LogP contribution in [0, 0.1) is 0 Å². The van der Waals surface area contributed by atoms with Gasteiger partial charge in [-0.2, -0.15) is 4.31 Å². The van der Waals surface area contributed by atoms with Crippen LogP contribution >= 0.6 is 22.7 Å². The molecule has 0 aromatic carbocycles. The molecule has 2 rings (SSSR count). The molecule has 0 fully saturated rings. The molecule has 2 aromatic heterocycles. The van der Waals surface area contributed by atoms with Crippen LogP contribution in [0.1, 0.15) is 10.4 Å². The Kier molecular flexibility index (Phi) is 4.75. The Labute approximate surface area is 121 Å². The molecule has 0 saturated carbocycles. The third-order valence-electron chi connectivity index (χ3n) is 2.73. The van der Waals surface area contributed by atoms with Gasteiger partial charge in [-0.05, 0) is 34.9 Å². The maximum absolute atomic E-state index is 12.3. The van der Waals surface area contributed by atoms with Gasteiger partial charge in [0.15, 0.2) is 0 Å². The molecular formula is C12H15NO3S3. The molecule has 2 heterocycles. The highest BCUT2D eigenvalue weighted by Crippen LogP contribution is 2.23. The lowest BCUT2D eigenvalue weighted by Crippen LogP contribution is -2.28. The molecule has 2 aromatic rings. The maximum atomic E-state index is 12.3. The van der Waals surface area contributed by atoms with Gasteiger partial charge in [0.2, 0.25) is 0 Å². The topological polar surface area (TPSA) is 57.6 Å². The largest absolute Gasteiger partial charge is 0.392 e. The SMILES string of the molecule is CN(CCc1cccs1)S(=O)(=O)c1cc(CO)cs1. The monoisotopic (exact) mass is 317 g/mol. The van der Waals surface area contributed by atoms with Crippen molar-refractivity contribution in [1.82, 2.24) is 4.31 Å². The van der Waals surface area contributed by atoms with Crippen molar-refractivity contribution in [3.63, 3.8) is 0 Å². The number of hydrogen-bond donors (Lipinski definition) is 1. The number of nitrogens with zero attached hydrogens (tertiary/aromatic N) is 1. The van der Waals surface area contributed by atoms with Crippen LogP contribution in [0.25, 0.3) is 0 Å². The number of thiophene rings is 2. The first kappa shape index (κ1) is 14.7. The lowest BCUT2D eigenvalue weighted by Gasteiger charge is -2.15. The fourth-order valence-electron chi connectivity index (χ4n) is 1.57. The molecule has 0 aliphatic heterocycles. The van der Waals surface area contributed by atoms with Crippen molar-refractivity contribution in [3.05, 3.63) is 39.4 Å². The van der Waals surface area contributed by atoms with E-state index in [1.165, 1.54) is 15.2 Å². The molecule has 0 bridgehead atoms. The summed E-state index contributed by atoms with van der Waals surface area (Å²) in [6.07, 6.45) is 0.714. The van der Waals surface area contributed by atoms with Gasteiger partial charge >= 0.3 is 0 Å². The average Bonchev–Trinajstić information content (AvgIpc) is 3.06. The lowest BCUT2D eigenvalue weighted by molar-refractivity contribution is 0.282. The maximum Gasteiger partial charge on any atom is 0.252 e. The van der Waals surface area contributed by atoms with E-state index in [1.807, 2.05) is 17.5 Å². The molecule has 0 unspecified atom stereocenters. The van der Waals surface area contributed by atoms with E-state index in [0.717, 1.165) is 11.3 Å². The summed E-state index contributed by atoms with van der Waals surface area (Å²) >= 11 is 2.77. The first-order valence-electron chi connectivity index (χ1n) is 5.71. The van der Waals surface area contributed by atoms with E-state index < -0.39 is 10.0 Å². The normalized spacial score (nSPS) is 12.2. The Balaban J connectivity index is 2.06. The van der Waals surface area contributed by atoms with Crippen molar-refractivity contribution in [2.75, 3.05) is 13.6 Å². The highest BCUT2D eigenvalue weighted by atomic mass is 32.2. The zero-order chi connectivity index (χ0) is 13.9. The van der Waals surface area contributed by atoms with Crippen LogP contribution in [-0.2, 0) is 23.1 Å². The third-order valence-corrected chi connectivity index (χ3v) is 6.99. The van der Waals surface area contributed by atoms with Crippen molar-refractivity contribution in [3.8, 4) is 0 Å². The summed E-state index contributed by atoms with van der Waals surface area (Å²) < 4.78 is 26.2. The van der Waals surface area contributed by atoms with E-state index in [1.54, 1.807) is 23.8 Å². The second-order valence-corrected chi connectivity index (χ2v) is 8.30. The third kappa shape index (κ3) is 3.43. The second-order valence-electron chi connectivity index (χ2n) is 4.09. The van der Waals surface area contributed by atoms with Crippen LogP contribution in [0.2, 0.25) is 0 Å². The fraction of sp³-hybridized carbons (Fsp3) is 0.333. The van der Waals surface area contributed by atoms with Gasteiger partial charge in [-0.15, -0.1) is 22.7 Å². The van der Waals surface area contributed by atoms with E-state index in [9.17, 15) is 8.42 Å². The molecule has 0 spiro atoms. The molecule has 104 valence electrons. The fourth-order valence-corrected chi connectivity index (χ4v) is 4.85. The van der Waals surface area contributed by atoms with Gasteiger partial charge in [0, 0.05) is 18.5 Å². The Bertz CT molecular complexity index is 616. The Hall–Kier alpha value is -0.730. The van der Waals surface area contributed by atoms with Crippen LogP contribution in [0.5, 0.6) is 0 Å². The highest BCUT2D eigenvalue weighted by Gasteiger charge is 2.22. The Morgan fingerprint density at radius 2 is 2.16 bits per heavy atom. The highest BCUT2D eigenvalue weighted by molar-refractivity contribution is 7.91. The molecule has 4 nitrogen and oxygen atoms in total. The van der Waals surface area contributed by atoms with Crippen LogP contribution in [-0.4, -0.2) is 31.4 Å². The Morgan fingerprint density at radius 3 is 2.74 bits per heavy atom. The Morgan fingerprint density at radius 1 is 1.37 bits per heavy atom. The standard InChI is InChI=1S/C12H15NO3S3/c1-13(5-4-11-3-2-6-17-11)19(15,16)12-7-10(8-14)9-18-12/h2-3,6-7,9,14H,4-5,8H2,1H3. The van der Waals surface area contributed by atoms with Crippen molar-refractivity contribution >= 4 is 32.7 Å². The van der Waals surface area contributed by atoms with Crippen LogP contribution < -0.4 is 0 Å². The predicted molar refractivity (Wildman–Crippen MR) is 78.1 cm³/mol. The van der Waals surface area contributed by atoms with Crippen LogP contribution in [0.3, 0.4) is 0 Å². The van der Waals surface area contributed by atoms with Gasteiger partial charge in [0.25, 0.3) is 10.0 Å². The molecule has 0 radical (unpaired) electrons. The summed E-state index contributed by atoms with van der Waals surface area (Å²) in [5.41, 5.74) is 0.634. The number of aliphatic hydroxyl groups excluding tert-OH is 1. The van der Waals surface area contributed by atoms with Crippen molar-refractivity contribution in [2.45, 2.75) is 17.2 Å². The number of aliphatic hydroxyl groups is 1. The molecular weight excluding hydrogens is 302 g/mol. The van der Waals surface area contributed by atoms with Crippen molar-refractivity contribution in [1.29, 1.82) is 0 Å². The van der Waals surface area contributed by atoms with Gasteiger partial charge in [0.1, 0.15) is 4.21 Å². The summed E-state index contributed by atoms with van der Waals surface area (Å²) in [4.78, 5) is 1.17. The lowest BCUT2D eigenvalue weighted by atomic mass is 10.3. The van der Waals surface area contributed by atoms with E-state index in [-0.39, 0.29) is 10.8 Å². The van der Waals surface area contributed by atoms with E-state index in [4.69, 9.17) is 5.11 Å². The minimum Gasteiger partial charge on any atom is -0.392 e. The molecule has 0 aliphatic carbocycles. The zero-order valence-electron chi connectivity index (χ0n) is 10.4. The van der Waals surface area contributed by atoms with E-state index in [0.29, 0.717) is 18.5 Å². The molecule has 0 saturated heterocycles. The summed E-state index contributed by atoms with van der Waals surface area (Å²) in [7, 11) is -1.85. The van der Waals surface area contributed by atoms with E-state index in [2.05, 4.69) is 0 Å². The van der Waals surface area contributed by atoms with Crippen molar-refractivity contribution in [2.24, 2.45) is 0 Å². The van der Waals surface area contributed by atoms with Gasteiger partial charge in [-0.25, -0.2) is 8.42 Å². The molecule has 0 amide bonds. The average molecular weight is 317 g/mol. The first-order valence-corrected chi connectivity index (χ1v) is 8.91. The molecule has 19 heavy (non-hydrogen) atoms. The number of rotatable bonds is 6. The molecule has 1 N–H and O–H groups in total. The van der Waals surface area contributed by atoms with Gasteiger partial charge in [0.05, 0.1) is 6.61 Å².